The topological polar surface area (TPSA) is 178 Å². The molecule has 2 rings (SSSR count). The number of benzene rings is 2. The lowest BCUT2D eigenvalue weighted by Crippen LogP contribution is -1.97. The Bertz CT molecular complexity index is 536. The predicted octanol–water partition coefficient (Wildman–Crippen LogP) is 1.30. The number of hydrogen-bond donors (Lipinski definition) is 2. The summed E-state index contributed by atoms with van der Waals surface area (Å²) in [6.45, 7) is 8.18. The van der Waals surface area contributed by atoms with Gasteiger partial charge in [-0.05, 0) is 85.3 Å². The van der Waals surface area contributed by atoms with Crippen LogP contribution in [0.2, 0.25) is 0 Å². The van der Waals surface area contributed by atoms with Gasteiger partial charge in [-0.1, -0.05) is 0 Å². The highest BCUT2D eigenvalue weighted by molar-refractivity contribution is 5.85. The third kappa shape index (κ3) is 6.52. The Kier molecular flexibility index (Phi) is 18.1. The molecule has 0 aromatic heterocycles. The first-order chi connectivity index (χ1) is 8.40. The van der Waals surface area contributed by atoms with Crippen molar-refractivity contribution < 1.29 is 21.9 Å². The van der Waals surface area contributed by atoms with Crippen molar-refractivity contribution in [3.8, 4) is 11.1 Å². The van der Waals surface area contributed by atoms with E-state index in [0.29, 0.717) is 0 Å². The van der Waals surface area contributed by atoms with Crippen LogP contribution in [0.15, 0.2) is 24.3 Å². The average Bonchev–Trinajstić information content (AvgIpc) is 2.31. The van der Waals surface area contributed by atoms with Gasteiger partial charge in [0.2, 0.25) is 0 Å². The molecule has 0 saturated heterocycles. The zero-order valence-electron chi connectivity index (χ0n) is 14.3. The van der Waals surface area contributed by atoms with E-state index in [9.17, 15) is 0 Å². The fourth-order valence-corrected chi connectivity index (χ4v) is 2.28. The lowest BCUT2D eigenvalue weighted by atomic mass is 9.95. The Hall–Kier alpha value is -1.54. The van der Waals surface area contributed by atoms with E-state index < -0.39 is 0 Å². The van der Waals surface area contributed by atoms with Crippen LogP contribution in [0.1, 0.15) is 22.3 Å². The molecule has 0 bridgehead atoms. The Balaban J connectivity index is -0.000000201. The van der Waals surface area contributed by atoms with Gasteiger partial charge in [0, 0.05) is 11.4 Å². The normalized spacial score (nSPS) is 8.00. The monoisotopic (exact) mass is 384 g/mol. The largest absolute Gasteiger partial charge is 0.412 e. The summed E-state index contributed by atoms with van der Waals surface area (Å²) in [4.78, 5) is 0. The van der Waals surface area contributed by atoms with Crippen molar-refractivity contribution in [2.24, 2.45) is 0 Å². The molecule has 0 saturated carbocycles. The van der Waals surface area contributed by atoms with Crippen LogP contribution in [0.5, 0.6) is 0 Å². The van der Waals surface area contributed by atoms with Gasteiger partial charge in [0.1, 0.15) is 0 Å². The second-order valence-corrected chi connectivity index (χ2v) is 5.05. The van der Waals surface area contributed by atoms with E-state index in [0.717, 1.165) is 33.6 Å². The maximum Gasteiger partial charge on any atom is 0.0373 e. The van der Waals surface area contributed by atoms with E-state index in [4.69, 9.17) is 11.5 Å². The second kappa shape index (κ2) is 12.8. The first kappa shape index (κ1) is 33.9. The molecule has 0 heterocycles. The van der Waals surface area contributed by atoms with Crippen molar-refractivity contribution in [2.45, 2.75) is 27.7 Å². The molecule has 24 heavy (non-hydrogen) atoms. The van der Waals surface area contributed by atoms with Crippen LogP contribution in [0.4, 0.5) is 11.4 Å². The molecule has 2 aromatic rings. The van der Waals surface area contributed by atoms with Crippen molar-refractivity contribution in [3.05, 3.63) is 46.5 Å². The molecular formula is C16H30Cl2N2O4. The van der Waals surface area contributed by atoms with Crippen LogP contribution in [-0.4, -0.2) is 21.9 Å². The number of rotatable bonds is 1. The van der Waals surface area contributed by atoms with Gasteiger partial charge < -0.3 is 33.4 Å². The number of anilines is 2. The van der Waals surface area contributed by atoms with E-state index in [1.165, 1.54) is 11.1 Å². The summed E-state index contributed by atoms with van der Waals surface area (Å²) in [5.74, 6) is 0. The molecular weight excluding hydrogens is 355 g/mol. The summed E-state index contributed by atoms with van der Waals surface area (Å²) in [7, 11) is 0. The van der Waals surface area contributed by atoms with Crippen molar-refractivity contribution in [3.63, 3.8) is 0 Å². The maximum absolute atomic E-state index is 5.99. The fourth-order valence-electron chi connectivity index (χ4n) is 2.28. The molecule has 0 spiro atoms. The van der Waals surface area contributed by atoms with Gasteiger partial charge in [-0.2, -0.15) is 0 Å². The van der Waals surface area contributed by atoms with E-state index in [1.54, 1.807) is 0 Å². The molecule has 0 unspecified atom stereocenters. The molecule has 0 amide bonds. The third-order valence-corrected chi connectivity index (χ3v) is 3.52. The summed E-state index contributed by atoms with van der Waals surface area (Å²) in [5.41, 5.74) is 20.6. The number of nitrogens with two attached hydrogens (primary N) is 2. The van der Waals surface area contributed by atoms with Gasteiger partial charge in [-0.3, -0.25) is 0 Å². The molecule has 0 atom stereocenters. The SMILES string of the molecule is Cc1cc(-c2cc(C)c(N)c(C)c2)cc(C)c1N.Cl.Cl.O.O.O.O. The third-order valence-electron chi connectivity index (χ3n) is 3.52. The van der Waals surface area contributed by atoms with Gasteiger partial charge >= 0.3 is 0 Å². The molecule has 0 aliphatic heterocycles. The minimum atomic E-state index is 0. The van der Waals surface area contributed by atoms with E-state index >= 15 is 0 Å². The summed E-state index contributed by atoms with van der Waals surface area (Å²) >= 11 is 0. The summed E-state index contributed by atoms with van der Waals surface area (Å²) < 4.78 is 0. The van der Waals surface area contributed by atoms with E-state index in [2.05, 4.69) is 24.3 Å². The van der Waals surface area contributed by atoms with Crippen LogP contribution >= 0.6 is 24.8 Å². The van der Waals surface area contributed by atoms with E-state index in [-0.39, 0.29) is 46.7 Å². The Morgan fingerprint density at radius 1 is 0.500 bits per heavy atom. The number of hydrogen-bond acceptors (Lipinski definition) is 2. The molecule has 0 aliphatic rings. The molecule has 8 heteroatoms. The Morgan fingerprint density at radius 3 is 0.833 bits per heavy atom. The number of aryl methyl sites for hydroxylation is 4. The Labute approximate surface area is 155 Å². The van der Waals surface area contributed by atoms with Crippen molar-refractivity contribution in [1.82, 2.24) is 0 Å². The van der Waals surface area contributed by atoms with Crippen LogP contribution in [0.3, 0.4) is 0 Å². The average molecular weight is 385 g/mol. The first-order valence-electron chi connectivity index (χ1n) is 6.14. The van der Waals surface area contributed by atoms with Gasteiger partial charge in [0.05, 0.1) is 0 Å². The molecule has 0 aliphatic carbocycles. The summed E-state index contributed by atoms with van der Waals surface area (Å²) in [5, 5.41) is 0. The smallest absolute Gasteiger partial charge is 0.0373 e. The lowest BCUT2D eigenvalue weighted by molar-refractivity contribution is 0.823. The number of halogens is 2. The van der Waals surface area contributed by atoms with Crippen LogP contribution in [-0.2, 0) is 0 Å². The van der Waals surface area contributed by atoms with Crippen LogP contribution < -0.4 is 11.5 Å². The van der Waals surface area contributed by atoms with Gasteiger partial charge in [-0.25, -0.2) is 0 Å². The van der Waals surface area contributed by atoms with Crippen molar-refractivity contribution >= 4 is 36.2 Å². The summed E-state index contributed by atoms with van der Waals surface area (Å²) in [6.07, 6.45) is 0. The maximum atomic E-state index is 5.99. The minimum Gasteiger partial charge on any atom is -0.412 e. The highest BCUT2D eigenvalue weighted by Crippen LogP contribution is 2.30. The van der Waals surface area contributed by atoms with Gasteiger partial charge in [0.25, 0.3) is 0 Å². The first-order valence-corrected chi connectivity index (χ1v) is 6.14. The van der Waals surface area contributed by atoms with Crippen LogP contribution in [0.25, 0.3) is 11.1 Å². The highest BCUT2D eigenvalue weighted by Gasteiger charge is 2.07. The molecule has 2 aromatic carbocycles. The molecule has 142 valence electrons. The highest BCUT2D eigenvalue weighted by atomic mass is 35.5. The Morgan fingerprint density at radius 2 is 0.667 bits per heavy atom. The second-order valence-electron chi connectivity index (χ2n) is 5.05. The lowest BCUT2D eigenvalue weighted by Gasteiger charge is -2.12. The minimum absolute atomic E-state index is 0. The van der Waals surface area contributed by atoms with Gasteiger partial charge in [0.15, 0.2) is 0 Å². The quantitative estimate of drug-likeness (QED) is 0.703. The zero-order chi connectivity index (χ0) is 13.4. The van der Waals surface area contributed by atoms with Gasteiger partial charge in [-0.15, -0.1) is 24.8 Å². The molecule has 0 fully saturated rings. The molecule has 12 N–H and O–H groups in total. The van der Waals surface area contributed by atoms with E-state index in [1.807, 2.05) is 27.7 Å². The standard InChI is InChI=1S/C16H20N2.2ClH.4H2O/c1-9-5-13(6-10(2)15(9)17)14-7-11(3)16(18)12(4)8-14;;;;;;/h5-8H,17-18H2,1-4H3;2*1H;4*1H2. The zero-order valence-corrected chi connectivity index (χ0v) is 15.9. The van der Waals surface area contributed by atoms with Crippen molar-refractivity contribution in [1.29, 1.82) is 0 Å². The van der Waals surface area contributed by atoms with Crippen LogP contribution in [0, 0.1) is 27.7 Å². The van der Waals surface area contributed by atoms with Crippen molar-refractivity contribution in [2.75, 3.05) is 11.5 Å². The number of nitrogen functional groups attached to an aromatic ring is 2. The fraction of sp³-hybridized carbons (Fsp3) is 0.250. The molecule has 0 radical (unpaired) electrons. The molecule has 6 nitrogen and oxygen atoms in total. The predicted molar refractivity (Wildman–Crippen MR) is 109 cm³/mol. The summed E-state index contributed by atoms with van der Waals surface area (Å²) in [6, 6.07) is 8.53.